The van der Waals surface area contributed by atoms with E-state index in [-0.39, 0.29) is 18.0 Å². The average Bonchev–Trinajstić information content (AvgIpc) is 2.44. The van der Waals surface area contributed by atoms with Crippen LogP contribution in [0.15, 0.2) is 24.3 Å². The van der Waals surface area contributed by atoms with Crippen LogP contribution in [0.1, 0.15) is 32.8 Å². The van der Waals surface area contributed by atoms with E-state index in [1.54, 1.807) is 7.11 Å². The van der Waals surface area contributed by atoms with Crippen molar-refractivity contribution in [2.75, 3.05) is 7.11 Å². The Hall–Kier alpha value is -1.55. The summed E-state index contributed by atoms with van der Waals surface area (Å²) in [6.45, 7) is 6.54. The van der Waals surface area contributed by atoms with Crippen LogP contribution in [0.25, 0.3) is 0 Å². The molecule has 0 aliphatic carbocycles. The molecular formula is C15H24N2O2. The predicted octanol–water partition coefficient (Wildman–Crippen LogP) is 2.09. The fraction of sp³-hybridized carbons (Fsp3) is 0.533. The van der Waals surface area contributed by atoms with Crippen LogP contribution in [0.3, 0.4) is 0 Å². The first kappa shape index (κ1) is 15.5. The second kappa shape index (κ2) is 7.79. The zero-order valence-corrected chi connectivity index (χ0v) is 12.2. The van der Waals surface area contributed by atoms with Crippen molar-refractivity contribution in [3.05, 3.63) is 29.8 Å². The van der Waals surface area contributed by atoms with Crippen molar-refractivity contribution in [2.24, 2.45) is 0 Å². The third kappa shape index (κ3) is 4.91. The van der Waals surface area contributed by atoms with Gasteiger partial charge in [-0.05, 0) is 26.3 Å². The maximum Gasteiger partial charge on any atom is 0.237 e. The second-order valence-electron chi connectivity index (χ2n) is 4.73. The number of methoxy groups -OCH3 is 1. The SMILES string of the molecule is CCC(C)NC(=O)C(C)NCc1ccccc1OC. The number of amides is 1. The lowest BCUT2D eigenvalue weighted by molar-refractivity contribution is -0.123. The van der Waals surface area contributed by atoms with Gasteiger partial charge in [-0.2, -0.15) is 0 Å². The fourth-order valence-electron chi connectivity index (χ4n) is 1.67. The average molecular weight is 264 g/mol. The number of hydrogen-bond donors (Lipinski definition) is 2. The molecule has 4 nitrogen and oxygen atoms in total. The Morgan fingerprint density at radius 3 is 2.63 bits per heavy atom. The summed E-state index contributed by atoms with van der Waals surface area (Å²) in [6, 6.07) is 7.79. The van der Waals surface area contributed by atoms with E-state index < -0.39 is 0 Å². The Labute approximate surface area is 115 Å². The molecule has 0 aromatic heterocycles. The largest absolute Gasteiger partial charge is 0.496 e. The van der Waals surface area contributed by atoms with Gasteiger partial charge in [-0.1, -0.05) is 25.1 Å². The van der Waals surface area contributed by atoms with E-state index in [0.29, 0.717) is 6.54 Å². The first-order valence-corrected chi connectivity index (χ1v) is 6.74. The Bertz CT molecular complexity index is 407. The van der Waals surface area contributed by atoms with Crippen molar-refractivity contribution in [1.82, 2.24) is 10.6 Å². The number of para-hydroxylation sites is 1. The summed E-state index contributed by atoms with van der Waals surface area (Å²) in [4.78, 5) is 11.9. The predicted molar refractivity (Wildman–Crippen MR) is 77.2 cm³/mol. The molecule has 0 radical (unpaired) electrons. The zero-order chi connectivity index (χ0) is 14.3. The molecule has 2 N–H and O–H groups in total. The number of rotatable bonds is 7. The summed E-state index contributed by atoms with van der Waals surface area (Å²) in [7, 11) is 1.65. The molecule has 1 aromatic carbocycles. The molecule has 0 heterocycles. The Balaban J connectivity index is 2.49. The van der Waals surface area contributed by atoms with Gasteiger partial charge < -0.3 is 15.4 Å². The molecule has 1 rings (SSSR count). The van der Waals surface area contributed by atoms with Gasteiger partial charge in [0.25, 0.3) is 0 Å². The first-order chi connectivity index (χ1) is 9.08. The minimum atomic E-state index is -0.223. The highest BCUT2D eigenvalue weighted by atomic mass is 16.5. The molecule has 0 saturated carbocycles. The minimum Gasteiger partial charge on any atom is -0.496 e. The molecule has 0 fully saturated rings. The summed E-state index contributed by atoms with van der Waals surface area (Å²) in [5, 5.41) is 6.17. The van der Waals surface area contributed by atoms with Gasteiger partial charge in [0.05, 0.1) is 13.2 Å². The van der Waals surface area contributed by atoms with Crippen molar-refractivity contribution < 1.29 is 9.53 Å². The lowest BCUT2D eigenvalue weighted by Crippen LogP contribution is -2.45. The van der Waals surface area contributed by atoms with E-state index in [2.05, 4.69) is 17.6 Å². The van der Waals surface area contributed by atoms with Crippen molar-refractivity contribution in [3.8, 4) is 5.75 Å². The number of hydrogen-bond acceptors (Lipinski definition) is 3. The molecule has 2 unspecified atom stereocenters. The van der Waals surface area contributed by atoms with Gasteiger partial charge in [0.1, 0.15) is 5.75 Å². The van der Waals surface area contributed by atoms with E-state index in [1.807, 2.05) is 38.1 Å². The van der Waals surface area contributed by atoms with Crippen LogP contribution in [0.5, 0.6) is 5.75 Å². The van der Waals surface area contributed by atoms with Crippen LogP contribution in [0.2, 0.25) is 0 Å². The molecule has 0 aliphatic heterocycles. The molecule has 19 heavy (non-hydrogen) atoms. The van der Waals surface area contributed by atoms with E-state index in [0.717, 1.165) is 17.7 Å². The molecule has 106 valence electrons. The fourth-order valence-corrected chi connectivity index (χ4v) is 1.67. The molecule has 2 atom stereocenters. The van der Waals surface area contributed by atoms with E-state index >= 15 is 0 Å². The van der Waals surface area contributed by atoms with Crippen molar-refractivity contribution in [3.63, 3.8) is 0 Å². The first-order valence-electron chi connectivity index (χ1n) is 6.74. The quantitative estimate of drug-likeness (QED) is 0.793. The lowest BCUT2D eigenvalue weighted by atomic mass is 10.2. The molecule has 0 saturated heterocycles. The van der Waals surface area contributed by atoms with Gasteiger partial charge in [0.2, 0.25) is 5.91 Å². The van der Waals surface area contributed by atoms with Crippen LogP contribution in [-0.4, -0.2) is 25.1 Å². The number of nitrogens with one attached hydrogen (secondary N) is 2. The zero-order valence-electron chi connectivity index (χ0n) is 12.2. The van der Waals surface area contributed by atoms with E-state index in [4.69, 9.17) is 4.74 Å². The topological polar surface area (TPSA) is 50.4 Å². The summed E-state index contributed by atoms with van der Waals surface area (Å²) >= 11 is 0. The molecule has 1 amide bonds. The Kier molecular flexibility index (Phi) is 6.36. The number of ether oxygens (including phenoxy) is 1. The summed E-state index contributed by atoms with van der Waals surface area (Å²) < 4.78 is 5.28. The van der Waals surface area contributed by atoms with Gasteiger partial charge in [0.15, 0.2) is 0 Å². The van der Waals surface area contributed by atoms with Crippen LogP contribution in [-0.2, 0) is 11.3 Å². The minimum absolute atomic E-state index is 0.0317. The van der Waals surface area contributed by atoms with Gasteiger partial charge in [-0.15, -0.1) is 0 Å². The summed E-state index contributed by atoms with van der Waals surface area (Å²) in [5.74, 6) is 0.869. The van der Waals surface area contributed by atoms with Crippen LogP contribution in [0.4, 0.5) is 0 Å². The van der Waals surface area contributed by atoms with E-state index in [1.165, 1.54) is 0 Å². The van der Waals surface area contributed by atoms with Crippen LogP contribution < -0.4 is 15.4 Å². The molecule has 4 heteroatoms. The van der Waals surface area contributed by atoms with Crippen molar-refractivity contribution in [2.45, 2.75) is 45.8 Å². The molecule has 1 aromatic rings. The monoisotopic (exact) mass is 264 g/mol. The van der Waals surface area contributed by atoms with Gasteiger partial charge in [-0.25, -0.2) is 0 Å². The molecule has 0 bridgehead atoms. The second-order valence-corrected chi connectivity index (χ2v) is 4.73. The van der Waals surface area contributed by atoms with E-state index in [9.17, 15) is 4.79 Å². The lowest BCUT2D eigenvalue weighted by Gasteiger charge is -2.18. The number of benzene rings is 1. The highest BCUT2D eigenvalue weighted by molar-refractivity contribution is 5.81. The van der Waals surface area contributed by atoms with Crippen molar-refractivity contribution >= 4 is 5.91 Å². The Morgan fingerprint density at radius 1 is 1.32 bits per heavy atom. The molecular weight excluding hydrogens is 240 g/mol. The van der Waals surface area contributed by atoms with Crippen molar-refractivity contribution in [1.29, 1.82) is 0 Å². The highest BCUT2D eigenvalue weighted by Gasteiger charge is 2.14. The highest BCUT2D eigenvalue weighted by Crippen LogP contribution is 2.16. The molecule has 0 aliphatic rings. The maximum absolute atomic E-state index is 11.9. The number of carbonyl (C=O) groups excluding carboxylic acids is 1. The maximum atomic E-state index is 11.9. The van der Waals surface area contributed by atoms with Crippen LogP contribution >= 0.6 is 0 Å². The third-order valence-electron chi connectivity index (χ3n) is 3.19. The standard InChI is InChI=1S/C15H24N2O2/c1-5-11(2)17-15(18)12(3)16-10-13-8-6-7-9-14(13)19-4/h6-9,11-12,16H,5,10H2,1-4H3,(H,17,18). The normalized spacial score (nSPS) is 13.7. The van der Waals surface area contributed by atoms with Gasteiger partial charge in [0, 0.05) is 18.2 Å². The molecule has 0 spiro atoms. The van der Waals surface area contributed by atoms with Crippen LogP contribution in [0, 0.1) is 0 Å². The third-order valence-corrected chi connectivity index (χ3v) is 3.19. The number of carbonyl (C=O) groups is 1. The smallest absolute Gasteiger partial charge is 0.237 e. The Morgan fingerprint density at radius 2 is 2.00 bits per heavy atom. The van der Waals surface area contributed by atoms with Gasteiger partial charge >= 0.3 is 0 Å². The van der Waals surface area contributed by atoms with Gasteiger partial charge in [-0.3, -0.25) is 4.79 Å². The summed E-state index contributed by atoms with van der Waals surface area (Å²) in [6.07, 6.45) is 0.935. The summed E-state index contributed by atoms with van der Waals surface area (Å²) in [5.41, 5.74) is 1.05.